The van der Waals surface area contributed by atoms with E-state index in [4.69, 9.17) is 26.2 Å². The average molecular weight is 427 g/mol. The number of ether oxygens (including phenoxy) is 2. The number of nitriles is 1. The maximum absolute atomic E-state index is 9.26. The molecule has 5 rings (SSSR count). The lowest BCUT2D eigenvalue weighted by molar-refractivity contribution is 0.124. The van der Waals surface area contributed by atoms with Crippen LogP contribution in [0.4, 0.5) is 0 Å². The van der Waals surface area contributed by atoms with Gasteiger partial charge in [-0.05, 0) is 26.3 Å². The lowest BCUT2D eigenvalue weighted by Crippen LogP contribution is -2.30. The van der Waals surface area contributed by atoms with Crippen LogP contribution in [0.2, 0.25) is 5.02 Å². The van der Waals surface area contributed by atoms with E-state index in [0.29, 0.717) is 42.9 Å². The van der Waals surface area contributed by atoms with E-state index in [1.54, 1.807) is 15.6 Å². The highest BCUT2D eigenvalue weighted by atomic mass is 35.5. The molecule has 8 nitrogen and oxygen atoms in total. The van der Waals surface area contributed by atoms with Gasteiger partial charge < -0.3 is 14.4 Å². The Hall–Kier alpha value is -2.76. The summed E-state index contributed by atoms with van der Waals surface area (Å²) in [5.74, 6) is 1.05. The lowest BCUT2D eigenvalue weighted by Gasteiger charge is -2.22. The van der Waals surface area contributed by atoms with Crippen LogP contribution in [0.25, 0.3) is 16.8 Å². The summed E-state index contributed by atoms with van der Waals surface area (Å²) in [6.07, 6.45) is 6.79. The number of halogens is 1. The van der Waals surface area contributed by atoms with Crippen LogP contribution in [0.5, 0.6) is 5.75 Å². The Balaban J connectivity index is 1.56. The summed E-state index contributed by atoms with van der Waals surface area (Å²) in [4.78, 5) is 1.75. The molecule has 30 heavy (non-hydrogen) atoms. The van der Waals surface area contributed by atoms with Gasteiger partial charge in [0.15, 0.2) is 6.19 Å². The number of rotatable bonds is 4. The van der Waals surface area contributed by atoms with Crippen molar-refractivity contribution in [1.29, 1.82) is 5.26 Å². The molecule has 0 saturated carbocycles. The molecule has 1 fully saturated rings. The first kappa shape index (κ1) is 19.2. The molecule has 3 aromatic heterocycles. The van der Waals surface area contributed by atoms with E-state index < -0.39 is 0 Å². The van der Waals surface area contributed by atoms with E-state index in [1.165, 1.54) is 0 Å². The number of hydrogen-bond donors (Lipinski definition) is 0. The second-order valence-electron chi connectivity index (χ2n) is 7.99. The van der Waals surface area contributed by atoms with Gasteiger partial charge in [0.1, 0.15) is 17.4 Å². The highest BCUT2D eigenvalue weighted by Gasteiger charge is 2.26. The Labute approximate surface area is 179 Å². The van der Waals surface area contributed by atoms with E-state index in [0.717, 1.165) is 41.1 Å². The molecule has 5 heterocycles. The van der Waals surface area contributed by atoms with E-state index in [2.05, 4.69) is 18.2 Å². The molecule has 2 aliphatic heterocycles. The molecule has 2 unspecified atom stereocenters. The molecule has 0 bridgehead atoms. The van der Waals surface area contributed by atoms with Crippen molar-refractivity contribution in [3.63, 3.8) is 0 Å². The number of nitrogens with zero attached hydrogens (tertiary/aromatic N) is 6. The quantitative estimate of drug-likeness (QED) is 0.595. The van der Waals surface area contributed by atoms with Gasteiger partial charge in [0.25, 0.3) is 0 Å². The van der Waals surface area contributed by atoms with Crippen LogP contribution in [0.15, 0.2) is 18.5 Å². The standard InChI is InChI=1S/C21H23ClN6O2/c1-13-18-10-26(12-23)4-5-27(18)25-20(13)16-7-19(21-17(22)8-24-28(21)9-16)30-14(2)15-3-6-29-11-15/h7-9,14-15H,3-6,10-11H2,1-2H3. The fourth-order valence-electron chi connectivity index (χ4n) is 4.29. The molecule has 0 aliphatic carbocycles. The molecule has 0 radical (unpaired) electrons. The van der Waals surface area contributed by atoms with Crippen LogP contribution >= 0.6 is 11.6 Å². The fourth-order valence-corrected chi connectivity index (χ4v) is 4.52. The van der Waals surface area contributed by atoms with Gasteiger partial charge in [-0.2, -0.15) is 15.5 Å². The Morgan fingerprint density at radius 1 is 1.40 bits per heavy atom. The fraction of sp³-hybridized carbons (Fsp3) is 0.476. The number of pyridine rings is 1. The van der Waals surface area contributed by atoms with E-state index in [-0.39, 0.29) is 6.10 Å². The predicted molar refractivity (Wildman–Crippen MR) is 111 cm³/mol. The summed E-state index contributed by atoms with van der Waals surface area (Å²) >= 11 is 6.42. The highest BCUT2D eigenvalue weighted by Crippen LogP contribution is 2.35. The lowest BCUT2D eigenvalue weighted by atomic mass is 10.0. The first-order valence-electron chi connectivity index (χ1n) is 10.2. The number of hydrogen-bond acceptors (Lipinski definition) is 6. The van der Waals surface area contributed by atoms with Crippen molar-refractivity contribution in [2.45, 2.75) is 39.5 Å². The van der Waals surface area contributed by atoms with Gasteiger partial charge >= 0.3 is 0 Å². The van der Waals surface area contributed by atoms with E-state index in [1.807, 2.05) is 23.9 Å². The normalized spacial score (nSPS) is 19.7. The van der Waals surface area contributed by atoms with Crippen molar-refractivity contribution in [3.8, 4) is 23.2 Å². The van der Waals surface area contributed by atoms with Crippen molar-refractivity contribution in [3.05, 3.63) is 34.7 Å². The number of fused-ring (bicyclic) bond motifs is 2. The number of aromatic nitrogens is 4. The van der Waals surface area contributed by atoms with Gasteiger partial charge in [0.05, 0.1) is 42.3 Å². The maximum Gasteiger partial charge on any atom is 0.179 e. The van der Waals surface area contributed by atoms with Gasteiger partial charge in [0.2, 0.25) is 0 Å². The minimum absolute atomic E-state index is 0.00185. The van der Waals surface area contributed by atoms with Crippen LogP contribution in [-0.4, -0.2) is 50.2 Å². The smallest absolute Gasteiger partial charge is 0.179 e. The molecule has 0 N–H and O–H groups in total. The predicted octanol–water partition coefficient (Wildman–Crippen LogP) is 3.26. The molecule has 0 aromatic carbocycles. The van der Waals surface area contributed by atoms with Gasteiger partial charge in [0, 0.05) is 36.4 Å². The van der Waals surface area contributed by atoms with Crippen LogP contribution in [-0.2, 0) is 17.8 Å². The topological polar surface area (TPSA) is 80.6 Å². The Morgan fingerprint density at radius 2 is 2.27 bits per heavy atom. The zero-order chi connectivity index (χ0) is 20.8. The van der Waals surface area contributed by atoms with Crippen molar-refractivity contribution < 1.29 is 9.47 Å². The molecule has 9 heteroatoms. The third-order valence-electron chi connectivity index (χ3n) is 6.13. The molecule has 3 aromatic rings. The van der Waals surface area contributed by atoms with Crippen LogP contribution in [0.1, 0.15) is 24.6 Å². The Bertz CT molecular complexity index is 1140. The molecular formula is C21H23ClN6O2. The Morgan fingerprint density at radius 3 is 3.03 bits per heavy atom. The molecule has 156 valence electrons. The molecule has 0 spiro atoms. The summed E-state index contributed by atoms with van der Waals surface area (Å²) in [6.45, 7) is 7.56. The van der Waals surface area contributed by atoms with Crippen LogP contribution in [0, 0.1) is 24.3 Å². The molecule has 2 atom stereocenters. The van der Waals surface area contributed by atoms with Crippen molar-refractivity contribution >= 4 is 17.1 Å². The van der Waals surface area contributed by atoms with Gasteiger partial charge in [-0.3, -0.25) is 4.68 Å². The molecule has 0 amide bonds. The summed E-state index contributed by atoms with van der Waals surface area (Å²) in [6, 6.07) is 2.00. The summed E-state index contributed by atoms with van der Waals surface area (Å²) in [7, 11) is 0. The third-order valence-corrected chi connectivity index (χ3v) is 6.41. The van der Waals surface area contributed by atoms with Crippen LogP contribution in [0.3, 0.4) is 0 Å². The first-order valence-corrected chi connectivity index (χ1v) is 10.6. The second-order valence-corrected chi connectivity index (χ2v) is 8.40. The van der Waals surface area contributed by atoms with Gasteiger partial charge in [-0.1, -0.05) is 11.6 Å². The maximum atomic E-state index is 9.26. The summed E-state index contributed by atoms with van der Waals surface area (Å²) < 4.78 is 15.7. The average Bonchev–Trinajstić information content (AvgIpc) is 3.48. The zero-order valence-electron chi connectivity index (χ0n) is 17.0. The van der Waals surface area contributed by atoms with Crippen molar-refractivity contribution in [1.82, 2.24) is 24.3 Å². The molecule has 2 aliphatic rings. The minimum atomic E-state index is -0.00185. The SMILES string of the molecule is Cc1c(-c2cc(OC(C)C3CCOC3)c3c(Cl)cnn3c2)nn2c1CN(C#N)CC2. The highest BCUT2D eigenvalue weighted by molar-refractivity contribution is 6.34. The summed E-state index contributed by atoms with van der Waals surface area (Å²) in [5.41, 5.74) is 4.67. The summed E-state index contributed by atoms with van der Waals surface area (Å²) in [5, 5.41) is 19.0. The van der Waals surface area contributed by atoms with Crippen LogP contribution < -0.4 is 4.74 Å². The monoisotopic (exact) mass is 426 g/mol. The van der Waals surface area contributed by atoms with Crippen molar-refractivity contribution in [2.75, 3.05) is 19.8 Å². The van der Waals surface area contributed by atoms with Gasteiger partial charge in [-0.15, -0.1) is 0 Å². The van der Waals surface area contributed by atoms with E-state index >= 15 is 0 Å². The van der Waals surface area contributed by atoms with Crippen molar-refractivity contribution in [2.24, 2.45) is 5.92 Å². The van der Waals surface area contributed by atoms with Gasteiger partial charge in [-0.25, -0.2) is 4.52 Å². The third kappa shape index (κ3) is 3.18. The minimum Gasteiger partial charge on any atom is -0.488 e. The largest absolute Gasteiger partial charge is 0.488 e. The molecule has 1 saturated heterocycles. The Kier molecular flexibility index (Phi) is 4.80. The van der Waals surface area contributed by atoms with E-state index in [9.17, 15) is 5.26 Å². The molecular weight excluding hydrogens is 404 g/mol. The zero-order valence-corrected chi connectivity index (χ0v) is 17.8. The first-order chi connectivity index (χ1) is 14.5. The second kappa shape index (κ2) is 7.49.